The molecule has 1 aliphatic rings. The minimum absolute atomic E-state index is 0.308. The maximum Gasteiger partial charge on any atom is 0.352 e. The van der Waals surface area contributed by atoms with E-state index < -0.39 is 0 Å². The summed E-state index contributed by atoms with van der Waals surface area (Å²) in [4.78, 5) is 19.4. The van der Waals surface area contributed by atoms with Crippen molar-refractivity contribution in [2.45, 2.75) is 32.7 Å². The Bertz CT molecular complexity index is 953. The van der Waals surface area contributed by atoms with Crippen molar-refractivity contribution in [2.75, 3.05) is 24.6 Å². The molecular weight excluding hydrogens is 342 g/mol. The van der Waals surface area contributed by atoms with E-state index in [0.717, 1.165) is 48.3 Å². The molecule has 4 heterocycles. The first-order valence-corrected chi connectivity index (χ1v) is 9.52. The molecule has 1 N–H and O–H groups in total. The van der Waals surface area contributed by atoms with Gasteiger partial charge >= 0.3 is 11.6 Å². The number of pyridine rings is 1. The molecule has 0 aliphatic carbocycles. The highest BCUT2D eigenvalue weighted by Gasteiger charge is 2.31. The first-order chi connectivity index (χ1) is 13.1. The van der Waals surface area contributed by atoms with Crippen molar-refractivity contribution < 1.29 is 14.2 Å². The molecule has 3 aromatic heterocycles. The third kappa shape index (κ3) is 3.07. The predicted octanol–water partition coefficient (Wildman–Crippen LogP) is 2.52. The Balaban J connectivity index is 1.73. The van der Waals surface area contributed by atoms with Gasteiger partial charge in [-0.15, -0.1) is 0 Å². The molecule has 0 aromatic carbocycles. The van der Waals surface area contributed by atoms with Crippen LogP contribution in [0.3, 0.4) is 0 Å². The number of H-pyrrole nitrogens is 1. The van der Waals surface area contributed by atoms with Gasteiger partial charge in [-0.3, -0.25) is 0 Å². The number of hydrogen-bond donors (Lipinski definition) is 1. The number of ether oxygens (including phenoxy) is 1. The lowest BCUT2D eigenvalue weighted by Gasteiger charge is -2.35. The van der Waals surface area contributed by atoms with Crippen LogP contribution < -0.4 is 9.58 Å². The van der Waals surface area contributed by atoms with Gasteiger partial charge in [0.1, 0.15) is 18.0 Å². The standard InChI is InChI=1S/C20H25N5O2/c1-4-27-20(26)16-13-21-19-17(14(2)22-23(19)3)18(16)25-11-7-15(8-12-25)24-9-5-6-10-24/h5-6,9-10,13,15H,4,7-8,11-12H2,1-3H3/p+1. The third-order valence-corrected chi connectivity index (χ3v) is 5.38. The molecule has 0 bridgehead atoms. The van der Waals surface area contributed by atoms with Crippen LogP contribution in [0, 0.1) is 6.92 Å². The van der Waals surface area contributed by atoms with E-state index in [2.05, 4.69) is 44.1 Å². The fourth-order valence-corrected chi connectivity index (χ4v) is 4.12. The summed E-state index contributed by atoms with van der Waals surface area (Å²) in [6.45, 7) is 5.99. The molecule has 142 valence electrons. The summed E-state index contributed by atoms with van der Waals surface area (Å²) in [5, 5.41) is 4.30. The van der Waals surface area contributed by atoms with Crippen LogP contribution in [-0.4, -0.2) is 40.3 Å². The lowest BCUT2D eigenvalue weighted by atomic mass is 10.0. The molecule has 27 heavy (non-hydrogen) atoms. The summed E-state index contributed by atoms with van der Waals surface area (Å²) in [6.07, 6.45) is 7.99. The highest BCUT2D eigenvalue weighted by molar-refractivity contribution is 6.04. The van der Waals surface area contributed by atoms with E-state index in [0.29, 0.717) is 18.2 Å². The first kappa shape index (κ1) is 17.6. The molecule has 1 saturated heterocycles. The molecule has 4 rings (SSSR count). The Kier molecular flexibility index (Phi) is 4.59. The maximum atomic E-state index is 12.6. The molecule has 0 unspecified atom stereocenters. The van der Waals surface area contributed by atoms with Gasteiger partial charge in [-0.25, -0.2) is 9.89 Å². The molecule has 0 radical (unpaired) electrons. The molecule has 7 nitrogen and oxygen atoms in total. The summed E-state index contributed by atoms with van der Waals surface area (Å²) in [6, 6.07) is 4.64. The van der Waals surface area contributed by atoms with E-state index in [1.165, 1.54) is 0 Å². The topological polar surface area (TPSA) is 67.0 Å². The average Bonchev–Trinajstić information content (AvgIpc) is 3.30. The highest BCUT2D eigenvalue weighted by atomic mass is 16.5. The number of rotatable bonds is 4. The number of carbonyl (C=O) groups excluding carboxylic acids is 1. The van der Waals surface area contributed by atoms with Crippen molar-refractivity contribution >= 4 is 22.7 Å². The lowest BCUT2D eigenvalue weighted by molar-refractivity contribution is -0.704. The average molecular weight is 368 g/mol. The Morgan fingerprint density at radius 1 is 1.33 bits per heavy atom. The smallest absolute Gasteiger partial charge is 0.352 e. The number of fused-ring (bicyclic) bond motifs is 1. The van der Waals surface area contributed by atoms with Crippen LogP contribution in [-0.2, 0) is 11.8 Å². The molecule has 1 aliphatic heterocycles. The minimum Gasteiger partial charge on any atom is -0.462 e. The molecule has 7 heteroatoms. The van der Waals surface area contributed by atoms with Crippen LogP contribution in [0.1, 0.15) is 41.9 Å². The van der Waals surface area contributed by atoms with Crippen molar-refractivity contribution in [3.8, 4) is 0 Å². The zero-order valence-corrected chi connectivity index (χ0v) is 16.1. The second kappa shape index (κ2) is 7.06. The monoisotopic (exact) mass is 368 g/mol. The second-order valence-corrected chi connectivity index (χ2v) is 7.08. The maximum absolute atomic E-state index is 12.6. The van der Waals surface area contributed by atoms with Crippen LogP contribution in [0.25, 0.3) is 11.0 Å². The number of hydrogen-bond acceptors (Lipinski definition) is 4. The number of aryl methyl sites for hydroxylation is 2. The summed E-state index contributed by atoms with van der Waals surface area (Å²) in [7, 11) is 1.94. The fourth-order valence-electron chi connectivity index (χ4n) is 4.12. The molecular formula is C20H26N5O2+. The van der Waals surface area contributed by atoms with Crippen molar-refractivity contribution in [1.29, 1.82) is 0 Å². The molecule has 3 aromatic rings. The van der Waals surface area contributed by atoms with Gasteiger partial charge in [0.25, 0.3) is 0 Å². The van der Waals surface area contributed by atoms with Gasteiger partial charge in [-0.2, -0.15) is 4.68 Å². The largest absolute Gasteiger partial charge is 0.462 e. The molecule has 1 fully saturated rings. The zero-order valence-electron chi connectivity index (χ0n) is 16.1. The van der Waals surface area contributed by atoms with Gasteiger partial charge in [-0.05, 0) is 43.8 Å². The normalized spacial score (nSPS) is 15.4. The quantitative estimate of drug-likeness (QED) is 0.568. The van der Waals surface area contributed by atoms with Crippen LogP contribution in [0.4, 0.5) is 5.69 Å². The Labute approximate surface area is 158 Å². The van der Waals surface area contributed by atoms with Crippen molar-refractivity contribution in [3.63, 3.8) is 0 Å². The van der Waals surface area contributed by atoms with E-state index in [9.17, 15) is 4.79 Å². The Hall–Kier alpha value is -2.83. The highest BCUT2D eigenvalue weighted by Crippen LogP contribution is 2.34. The predicted molar refractivity (Wildman–Crippen MR) is 103 cm³/mol. The Morgan fingerprint density at radius 3 is 2.70 bits per heavy atom. The number of aromatic amines is 1. The van der Waals surface area contributed by atoms with Gasteiger partial charge in [0, 0.05) is 31.5 Å². The molecule has 0 spiro atoms. The van der Waals surface area contributed by atoms with Crippen LogP contribution in [0.15, 0.2) is 30.7 Å². The Morgan fingerprint density at radius 2 is 2.04 bits per heavy atom. The number of nitrogens with one attached hydrogen (secondary N) is 1. The summed E-state index contributed by atoms with van der Waals surface area (Å²) < 4.78 is 9.49. The number of nitrogens with zero attached hydrogens (tertiary/aromatic N) is 4. The van der Waals surface area contributed by atoms with E-state index in [1.54, 1.807) is 6.20 Å². The molecule has 0 saturated carbocycles. The number of piperidine rings is 1. The number of esters is 1. The molecule has 0 atom stereocenters. The van der Waals surface area contributed by atoms with Crippen molar-refractivity contribution in [1.82, 2.24) is 14.6 Å². The SMILES string of the molecule is CCOC(=O)c1cnc2c(c(C)[nH][n+]2C)c1N1CCC(n2cccc2)CC1. The van der Waals surface area contributed by atoms with Crippen molar-refractivity contribution in [2.24, 2.45) is 7.05 Å². The number of aromatic nitrogens is 4. The summed E-state index contributed by atoms with van der Waals surface area (Å²) in [5.41, 5.74) is 3.35. The van der Waals surface area contributed by atoms with E-state index >= 15 is 0 Å². The minimum atomic E-state index is -0.308. The van der Waals surface area contributed by atoms with Crippen LogP contribution >= 0.6 is 0 Å². The summed E-state index contributed by atoms with van der Waals surface area (Å²) in [5.74, 6) is -0.308. The van der Waals surface area contributed by atoms with E-state index in [1.807, 2.05) is 25.6 Å². The number of anilines is 1. The van der Waals surface area contributed by atoms with Gasteiger partial charge in [0.2, 0.25) is 0 Å². The molecule has 0 amide bonds. The van der Waals surface area contributed by atoms with E-state index in [4.69, 9.17) is 4.74 Å². The number of carbonyl (C=O) groups is 1. The van der Waals surface area contributed by atoms with Crippen LogP contribution in [0.5, 0.6) is 0 Å². The van der Waals surface area contributed by atoms with Crippen molar-refractivity contribution in [3.05, 3.63) is 42.0 Å². The van der Waals surface area contributed by atoms with E-state index in [-0.39, 0.29) is 5.97 Å². The summed E-state index contributed by atoms with van der Waals surface area (Å²) >= 11 is 0. The van der Waals surface area contributed by atoms with Crippen LogP contribution in [0.2, 0.25) is 0 Å². The first-order valence-electron chi connectivity index (χ1n) is 9.52. The third-order valence-electron chi connectivity index (χ3n) is 5.38. The van der Waals surface area contributed by atoms with Gasteiger partial charge < -0.3 is 14.2 Å². The van der Waals surface area contributed by atoms with Gasteiger partial charge in [-0.1, -0.05) is 0 Å². The zero-order chi connectivity index (χ0) is 19.0. The lowest BCUT2D eigenvalue weighted by Crippen LogP contribution is -2.36. The second-order valence-electron chi connectivity index (χ2n) is 7.08. The van der Waals surface area contributed by atoms with Gasteiger partial charge in [0.15, 0.2) is 6.20 Å². The van der Waals surface area contributed by atoms with Gasteiger partial charge in [0.05, 0.1) is 18.0 Å². The fraction of sp³-hybridized carbons (Fsp3) is 0.450.